The van der Waals surface area contributed by atoms with Crippen LogP contribution in [0.25, 0.3) is 11.0 Å². The van der Waals surface area contributed by atoms with Crippen LogP contribution in [0.15, 0.2) is 18.5 Å². The summed E-state index contributed by atoms with van der Waals surface area (Å²) in [5.74, 6) is -0.757. The number of aromatic nitrogens is 4. The van der Waals surface area contributed by atoms with Crippen LogP contribution >= 0.6 is 11.3 Å². The van der Waals surface area contributed by atoms with Gasteiger partial charge < -0.3 is 4.74 Å². The quantitative estimate of drug-likeness (QED) is 0.622. The SMILES string of the molecule is Cn1nc(C(F)(F)F)c2cc(C(=O)OCc3cnc(C(C)(C)C)s3)cnc21. The molecule has 0 atom stereocenters. The first-order valence-electron chi connectivity index (χ1n) is 7.99. The minimum Gasteiger partial charge on any atom is -0.456 e. The second kappa shape index (κ2) is 6.59. The summed E-state index contributed by atoms with van der Waals surface area (Å²) in [6.45, 7) is 6.06. The fourth-order valence-electron chi connectivity index (χ4n) is 2.40. The van der Waals surface area contributed by atoms with E-state index < -0.39 is 17.8 Å². The van der Waals surface area contributed by atoms with Gasteiger partial charge in [-0.3, -0.25) is 0 Å². The van der Waals surface area contributed by atoms with E-state index in [-0.39, 0.29) is 28.6 Å². The molecule has 3 aromatic heterocycles. The van der Waals surface area contributed by atoms with Crippen molar-refractivity contribution in [3.05, 3.63) is 39.6 Å². The van der Waals surface area contributed by atoms with Gasteiger partial charge in [-0.05, 0) is 6.07 Å². The van der Waals surface area contributed by atoms with Crippen molar-refractivity contribution >= 4 is 28.3 Å². The highest BCUT2D eigenvalue weighted by Gasteiger charge is 2.37. The Morgan fingerprint density at radius 3 is 2.52 bits per heavy atom. The molecule has 0 fully saturated rings. The van der Waals surface area contributed by atoms with E-state index in [0.717, 1.165) is 20.6 Å². The van der Waals surface area contributed by atoms with Gasteiger partial charge in [0.05, 0.1) is 20.8 Å². The minimum absolute atomic E-state index is 0.0101. The van der Waals surface area contributed by atoms with Crippen LogP contribution in [-0.2, 0) is 30.0 Å². The number of esters is 1. The van der Waals surface area contributed by atoms with Crippen molar-refractivity contribution in [3.8, 4) is 0 Å². The van der Waals surface area contributed by atoms with Crippen molar-refractivity contribution in [2.45, 2.75) is 39.0 Å². The fourth-order valence-corrected chi connectivity index (χ4v) is 3.29. The third-order valence-corrected chi connectivity index (χ3v) is 5.12. The molecule has 10 heteroatoms. The molecule has 6 nitrogen and oxygen atoms in total. The molecule has 0 aliphatic rings. The Morgan fingerprint density at radius 1 is 1.22 bits per heavy atom. The summed E-state index contributed by atoms with van der Waals surface area (Å²) in [5, 5.41) is 4.11. The Kier molecular flexibility index (Phi) is 4.71. The summed E-state index contributed by atoms with van der Waals surface area (Å²) in [5.41, 5.74) is -1.23. The molecule has 0 saturated heterocycles. The standard InChI is InChI=1S/C17H17F3N4O2S/c1-16(2,3)15-22-7-10(27-15)8-26-14(25)9-5-11-12(17(18,19)20)23-24(4)13(11)21-6-9/h5-7H,8H2,1-4H3. The van der Waals surface area contributed by atoms with Crippen LogP contribution in [0, 0.1) is 0 Å². The number of halogens is 3. The highest BCUT2D eigenvalue weighted by molar-refractivity contribution is 7.11. The van der Waals surface area contributed by atoms with E-state index in [1.807, 2.05) is 20.8 Å². The smallest absolute Gasteiger partial charge is 0.435 e. The largest absolute Gasteiger partial charge is 0.456 e. The maximum atomic E-state index is 13.1. The topological polar surface area (TPSA) is 69.9 Å². The van der Waals surface area contributed by atoms with Crippen LogP contribution in [0.3, 0.4) is 0 Å². The number of hydrogen-bond acceptors (Lipinski definition) is 6. The van der Waals surface area contributed by atoms with Crippen molar-refractivity contribution in [1.82, 2.24) is 19.7 Å². The molecule has 0 N–H and O–H groups in total. The maximum Gasteiger partial charge on any atom is 0.435 e. The van der Waals surface area contributed by atoms with Crippen LogP contribution < -0.4 is 0 Å². The van der Waals surface area contributed by atoms with E-state index in [0.29, 0.717) is 0 Å². The molecule has 0 radical (unpaired) electrons. The minimum atomic E-state index is -4.64. The normalized spacial score (nSPS) is 12.6. The van der Waals surface area contributed by atoms with Gasteiger partial charge in [0.1, 0.15) is 6.61 Å². The van der Waals surface area contributed by atoms with Gasteiger partial charge in [-0.15, -0.1) is 11.3 Å². The molecule has 0 spiro atoms. The first kappa shape index (κ1) is 19.3. The zero-order chi connectivity index (χ0) is 20.0. The summed E-state index contributed by atoms with van der Waals surface area (Å²) in [4.78, 5) is 21.2. The molecule has 3 aromatic rings. The lowest BCUT2D eigenvalue weighted by Gasteiger charge is -2.13. The van der Waals surface area contributed by atoms with Crippen LogP contribution in [0.5, 0.6) is 0 Å². The van der Waals surface area contributed by atoms with Crippen molar-refractivity contribution in [3.63, 3.8) is 0 Å². The summed E-state index contributed by atoms with van der Waals surface area (Å²) in [6.07, 6.45) is -1.84. The average Bonchev–Trinajstić information content (AvgIpc) is 3.16. The molecule has 144 valence electrons. The summed E-state index contributed by atoms with van der Waals surface area (Å²) < 4.78 is 45.6. The molecule has 0 unspecified atom stereocenters. The number of carbonyl (C=O) groups is 1. The van der Waals surface area contributed by atoms with Crippen molar-refractivity contribution < 1.29 is 22.7 Å². The number of thiazole rings is 1. The number of pyridine rings is 1. The van der Waals surface area contributed by atoms with E-state index >= 15 is 0 Å². The van der Waals surface area contributed by atoms with E-state index in [4.69, 9.17) is 4.74 Å². The zero-order valence-corrected chi connectivity index (χ0v) is 15.9. The summed E-state index contributed by atoms with van der Waals surface area (Å²) in [7, 11) is 1.36. The zero-order valence-electron chi connectivity index (χ0n) is 15.1. The Labute approximate surface area is 157 Å². The van der Waals surface area contributed by atoms with Crippen LogP contribution in [0.1, 0.15) is 46.7 Å². The summed E-state index contributed by atoms with van der Waals surface area (Å²) in [6, 6.07) is 1.10. The molecule has 27 heavy (non-hydrogen) atoms. The molecule has 0 aliphatic heterocycles. The Hall–Kier alpha value is -2.49. The average molecular weight is 398 g/mol. The van der Waals surface area contributed by atoms with Crippen LogP contribution in [0.2, 0.25) is 0 Å². The highest BCUT2D eigenvalue weighted by Crippen LogP contribution is 2.33. The highest BCUT2D eigenvalue weighted by atomic mass is 32.1. The van der Waals surface area contributed by atoms with Gasteiger partial charge in [0.2, 0.25) is 0 Å². The van der Waals surface area contributed by atoms with Gasteiger partial charge in [-0.1, -0.05) is 20.8 Å². The van der Waals surface area contributed by atoms with Gasteiger partial charge in [0.15, 0.2) is 11.3 Å². The number of rotatable bonds is 3. The molecule has 0 aliphatic carbocycles. The van der Waals surface area contributed by atoms with E-state index in [9.17, 15) is 18.0 Å². The number of ether oxygens (including phenoxy) is 1. The molecular formula is C17H17F3N4O2S. The monoisotopic (exact) mass is 398 g/mol. The van der Waals surface area contributed by atoms with Crippen molar-refractivity contribution in [2.75, 3.05) is 0 Å². The molecule has 0 bridgehead atoms. The van der Waals surface area contributed by atoms with Gasteiger partial charge in [0, 0.05) is 24.9 Å². The molecular weight excluding hydrogens is 381 g/mol. The number of carbonyl (C=O) groups excluding carboxylic acids is 1. The molecule has 0 saturated carbocycles. The number of aryl methyl sites for hydroxylation is 1. The number of hydrogen-bond donors (Lipinski definition) is 0. The van der Waals surface area contributed by atoms with Crippen LogP contribution in [0.4, 0.5) is 13.2 Å². The van der Waals surface area contributed by atoms with Gasteiger partial charge in [-0.2, -0.15) is 18.3 Å². The second-order valence-corrected chi connectivity index (χ2v) is 8.14. The van der Waals surface area contributed by atoms with E-state index in [2.05, 4.69) is 15.1 Å². The third-order valence-electron chi connectivity index (χ3n) is 3.72. The van der Waals surface area contributed by atoms with Gasteiger partial charge >= 0.3 is 12.1 Å². The summed E-state index contributed by atoms with van der Waals surface area (Å²) >= 11 is 1.42. The lowest BCUT2D eigenvalue weighted by molar-refractivity contribution is -0.140. The maximum absolute atomic E-state index is 13.1. The van der Waals surface area contributed by atoms with Crippen molar-refractivity contribution in [1.29, 1.82) is 0 Å². The van der Waals surface area contributed by atoms with Gasteiger partial charge in [-0.25, -0.2) is 19.4 Å². The number of fused-ring (bicyclic) bond motifs is 1. The molecule has 3 heterocycles. The molecule has 0 aromatic carbocycles. The first-order valence-corrected chi connectivity index (χ1v) is 8.80. The lowest BCUT2D eigenvalue weighted by Crippen LogP contribution is -2.09. The van der Waals surface area contributed by atoms with Gasteiger partial charge in [0.25, 0.3) is 0 Å². The first-order chi connectivity index (χ1) is 12.5. The fraction of sp³-hybridized carbons (Fsp3) is 0.412. The third kappa shape index (κ3) is 3.95. The predicted octanol–water partition coefficient (Wildman–Crippen LogP) is 4.10. The molecule has 3 rings (SSSR count). The Morgan fingerprint density at radius 2 is 1.93 bits per heavy atom. The van der Waals surface area contributed by atoms with Crippen molar-refractivity contribution in [2.24, 2.45) is 7.05 Å². The Bertz CT molecular complexity index is 1000. The van der Waals surface area contributed by atoms with E-state index in [1.54, 1.807) is 6.20 Å². The van der Waals surface area contributed by atoms with Crippen LogP contribution in [-0.4, -0.2) is 25.7 Å². The number of alkyl halides is 3. The Balaban J connectivity index is 1.81. The lowest BCUT2D eigenvalue weighted by atomic mass is 9.98. The number of nitrogens with zero attached hydrogens (tertiary/aromatic N) is 4. The second-order valence-electron chi connectivity index (χ2n) is 7.02. The van der Waals surface area contributed by atoms with E-state index in [1.165, 1.54) is 24.6 Å². The predicted molar refractivity (Wildman–Crippen MR) is 93.4 cm³/mol. The molecule has 0 amide bonds.